The Hall–Kier alpha value is -0.830. The molecule has 0 amide bonds. The average molecular weight is 184 g/mol. The van der Waals surface area contributed by atoms with Crippen LogP contribution in [0.2, 0.25) is 0 Å². The van der Waals surface area contributed by atoms with Crippen molar-refractivity contribution in [1.29, 1.82) is 0 Å². The molecular formula is C10H16O3. The van der Waals surface area contributed by atoms with Crippen LogP contribution < -0.4 is 0 Å². The molecule has 74 valence electrons. The van der Waals surface area contributed by atoms with Crippen LogP contribution >= 0.6 is 0 Å². The minimum atomic E-state index is 0.0991. The Labute approximate surface area is 78.7 Å². The third-order valence-electron chi connectivity index (χ3n) is 1.97. The topological polar surface area (TPSA) is 35.5 Å². The van der Waals surface area contributed by atoms with Crippen molar-refractivity contribution in [3.8, 4) is 0 Å². The summed E-state index contributed by atoms with van der Waals surface area (Å²) >= 11 is 0. The number of allylic oxidation sites excluding steroid dienone is 1. The molecule has 1 atom stereocenters. The Balaban J connectivity index is 2.31. The highest BCUT2D eigenvalue weighted by Gasteiger charge is 2.17. The summed E-state index contributed by atoms with van der Waals surface area (Å²) in [5.41, 5.74) is 0. The summed E-state index contributed by atoms with van der Waals surface area (Å²) in [6.07, 6.45) is 3.24. The largest absolute Gasteiger partial charge is 0.490 e. The Morgan fingerprint density at radius 3 is 3.08 bits per heavy atom. The predicted octanol–water partition coefficient (Wildman–Crippen LogP) is 1.53. The molecule has 1 heterocycles. The van der Waals surface area contributed by atoms with Gasteiger partial charge < -0.3 is 9.47 Å². The molecule has 0 aromatic rings. The van der Waals surface area contributed by atoms with Gasteiger partial charge in [0, 0.05) is 26.6 Å². The highest BCUT2D eigenvalue weighted by molar-refractivity contribution is 5.93. The molecule has 13 heavy (non-hydrogen) atoms. The number of rotatable bonds is 5. The molecule has 0 aliphatic carbocycles. The summed E-state index contributed by atoms with van der Waals surface area (Å²) in [7, 11) is 1.65. The number of hydrogen-bond acceptors (Lipinski definition) is 3. The second-order valence-electron chi connectivity index (χ2n) is 3.39. The van der Waals surface area contributed by atoms with E-state index < -0.39 is 0 Å². The zero-order valence-electron chi connectivity index (χ0n) is 8.21. The zero-order valence-corrected chi connectivity index (χ0v) is 8.21. The summed E-state index contributed by atoms with van der Waals surface area (Å²) < 4.78 is 10.1. The number of ether oxygens (including phenoxy) is 2. The molecule has 0 fully saturated rings. The maximum absolute atomic E-state index is 11.5. The van der Waals surface area contributed by atoms with Crippen molar-refractivity contribution < 1.29 is 14.3 Å². The van der Waals surface area contributed by atoms with Crippen molar-refractivity contribution in [1.82, 2.24) is 0 Å². The molecule has 0 radical (unpaired) electrons. The summed E-state index contributed by atoms with van der Waals surface area (Å²) in [5, 5.41) is 0. The van der Waals surface area contributed by atoms with Crippen LogP contribution in [0.3, 0.4) is 0 Å². The normalized spacial score (nSPS) is 17.8. The minimum absolute atomic E-state index is 0.0991. The maximum atomic E-state index is 11.5. The van der Waals surface area contributed by atoms with E-state index in [4.69, 9.17) is 9.47 Å². The van der Waals surface area contributed by atoms with Gasteiger partial charge in [0.2, 0.25) is 0 Å². The molecule has 0 N–H and O–H groups in total. The lowest BCUT2D eigenvalue weighted by Crippen LogP contribution is -2.12. The highest BCUT2D eigenvalue weighted by Crippen LogP contribution is 2.14. The molecule has 0 spiro atoms. The van der Waals surface area contributed by atoms with Gasteiger partial charge in [0.25, 0.3) is 0 Å². The second kappa shape index (κ2) is 5.02. The van der Waals surface area contributed by atoms with Crippen LogP contribution in [0.4, 0.5) is 0 Å². The van der Waals surface area contributed by atoms with Crippen LogP contribution in [0, 0.1) is 5.92 Å². The molecule has 3 nitrogen and oxygen atoms in total. The summed E-state index contributed by atoms with van der Waals surface area (Å²) in [5.74, 6) is 0.910. The van der Waals surface area contributed by atoms with Gasteiger partial charge in [-0.05, 0) is 12.0 Å². The van der Waals surface area contributed by atoms with Gasteiger partial charge in [0.15, 0.2) is 11.5 Å². The van der Waals surface area contributed by atoms with E-state index in [1.54, 1.807) is 7.11 Å². The lowest BCUT2D eigenvalue weighted by molar-refractivity contribution is -0.119. The van der Waals surface area contributed by atoms with Gasteiger partial charge in [-0.3, -0.25) is 4.79 Å². The van der Waals surface area contributed by atoms with Crippen molar-refractivity contribution in [2.45, 2.75) is 19.8 Å². The van der Waals surface area contributed by atoms with E-state index in [2.05, 4.69) is 0 Å². The smallest absolute Gasteiger partial charge is 0.197 e. The molecule has 1 unspecified atom stereocenters. The van der Waals surface area contributed by atoms with Gasteiger partial charge in [-0.15, -0.1) is 0 Å². The Kier molecular flexibility index (Phi) is 3.96. The number of Topliss-reactive ketones (excluding diaryl/α,β-unsaturated/α-hetero) is 1. The zero-order chi connectivity index (χ0) is 9.68. The fourth-order valence-electron chi connectivity index (χ4n) is 1.37. The third-order valence-corrected chi connectivity index (χ3v) is 1.97. The van der Waals surface area contributed by atoms with Crippen LogP contribution in [0.15, 0.2) is 11.8 Å². The SMILES string of the molecule is COCC(C)CC(=O)C1=CCCO1. The van der Waals surface area contributed by atoms with Crippen molar-refractivity contribution in [3.63, 3.8) is 0 Å². The predicted molar refractivity (Wildman–Crippen MR) is 49.3 cm³/mol. The molecule has 1 aliphatic rings. The van der Waals surface area contributed by atoms with Crippen LogP contribution in [0.25, 0.3) is 0 Å². The van der Waals surface area contributed by atoms with E-state index in [0.29, 0.717) is 25.4 Å². The van der Waals surface area contributed by atoms with E-state index in [1.165, 1.54) is 0 Å². The van der Waals surface area contributed by atoms with Gasteiger partial charge in [0.05, 0.1) is 6.61 Å². The number of hydrogen-bond donors (Lipinski definition) is 0. The lowest BCUT2D eigenvalue weighted by Gasteiger charge is -2.09. The quantitative estimate of drug-likeness (QED) is 0.650. The Morgan fingerprint density at radius 1 is 1.77 bits per heavy atom. The summed E-state index contributed by atoms with van der Waals surface area (Å²) in [6, 6.07) is 0. The fraction of sp³-hybridized carbons (Fsp3) is 0.700. The Morgan fingerprint density at radius 2 is 2.54 bits per heavy atom. The maximum Gasteiger partial charge on any atom is 0.197 e. The molecule has 0 aromatic heterocycles. The van der Waals surface area contributed by atoms with E-state index in [1.807, 2.05) is 13.0 Å². The second-order valence-corrected chi connectivity index (χ2v) is 3.39. The van der Waals surface area contributed by atoms with Gasteiger partial charge in [-0.25, -0.2) is 0 Å². The number of methoxy groups -OCH3 is 1. The van der Waals surface area contributed by atoms with E-state index >= 15 is 0 Å². The average Bonchev–Trinajstić information content (AvgIpc) is 2.55. The monoisotopic (exact) mass is 184 g/mol. The molecular weight excluding hydrogens is 168 g/mol. The highest BCUT2D eigenvalue weighted by atomic mass is 16.5. The summed E-state index contributed by atoms with van der Waals surface area (Å²) in [4.78, 5) is 11.5. The first kappa shape index (κ1) is 10.3. The van der Waals surface area contributed by atoms with Crippen molar-refractivity contribution in [3.05, 3.63) is 11.8 Å². The number of ketones is 1. The fourth-order valence-corrected chi connectivity index (χ4v) is 1.37. The molecule has 0 saturated carbocycles. The third kappa shape index (κ3) is 3.19. The van der Waals surface area contributed by atoms with Gasteiger partial charge in [-0.2, -0.15) is 0 Å². The first-order chi connectivity index (χ1) is 6.24. The first-order valence-corrected chi connectivity index (χ1v) is 4.59. The van der Waals surface area contributed by atoms with Crippen LogP contribution in [-0.4, -0.2) is 26.1 Å². The molecule has 1 aliphatic heterocycles. The van der Waals surface area contributed by atoms with Crippen molar-refractivity contribution >= 4 is 5.78 Å². The molecule has 0 bridgehead atoms. The van der Waals surface area contributed by atoms with Gasteiger partial charge in [0.1, 0.15) is 0 Å². The van der Waals surface area contributed by atoms with E-state index in [0.717, 1.165) is 6.42 Å². The minimum Gasteiger partial charge on any atom is -0.490 e. The molecule has 1 rings (SSSR count). The molecule has 0 aromatic carbocycles. The van der Waals surface area contributed by atoms with Crippen LogP contribution in [-0.2, 0) is 14.3 Å². The lowest BCUT2D eigenvalue weighted by atomic mass is 10.0. The standard InChI is InChI=1S/C10H16O3/c1-8(7-12-2)6-9(11)10-4-3-5-13-10/h4,8H,3,5-7H2,1-2H3. The molecule has 0 saturated heterocycles. The number of carbonyl (C=O) groups excluding carboxylic acids is 1. The molecule has 3 heteroatoms. The summed E-state index contributed by atoms with van der Waals surface area (Å²) in [6.45, 7) is 3.27. The van der Waals surface area contributed by atoms with Gasteiger partial charge >= 0.3 is 0 Å². The van der Waals surface area contributed by atoms with Crippen molar-refractivity contribution in [2.24, 2.45) is 5.92 Å². The van der Waals surface area contributed by atoms with E-state index in [-0.39, 0.29) is 11.7 Å². The first-order valence-electron chi connectivity index (χ1n) is 4.59. The van der Waals surface area contributed by atoms with E-state index in [9.17, 15) is 4.79 Å². The van der Waals surface area contributed by atoms with Crippen LogP contribution in [0.1, 0.15) is 19.8 Å². The van der Waals surface area contributed by atoms with Crippen molar-refractivity contribution in [2.75, 3.05) is 20.3 Å². The van der Waals surface area contributed by atoms with Crippen LogP contribution in [0.5, 0.6) is 0 Å². The Bertz CT molecular complexity index is 208. The number of carbonyl (C=O) groups is 1. The van der Waals surface area contributed by atoms with Gasteiger partial charge in [-0.1, -0.05) is 6.92 Å².